The summed E-state index contributed by atoms with van der Waals surface area (Å²) in [4.78, 5) is 24.8. The van der Waals surface area contributed by atoms with E-state index in [-0.39, 0.29) is 12.6 Å². The number of carbonyl (C=O) groups excluding carboxylic acids is 2. The zero-order valence-corrected chi connectivity index (χ0v) is 14.9. The van der Waals surface area contributed by atoms with E-state index in [0.717, 1.165) is 5.56 Å². The van der Waals surface area contributed by atoms with Gasteiger partial charge in [0.25, 0.3) is 0 Å². The number of ketones is 1. The maximum absolute atomic E-state index is 12.3. The van der Waals surface area contributed by atoms with E-state index in [1.54, 1.807) is 42.5 Å². The van der Waals surface area contributed by atoms with Gasteiger partial charge in [-0.05, 0) is 59.5 Å². The first-order valence-corrected chi connectivity index (χ1v) is 9.05. The van der Waals surface area contributed by atoms with Gasteiger partial charge < -0.3 is 14.2 Å². The van der Waals surface area contributed by atoms with E-state index in [0.29, 0.717) is 27.7 Å². The molecule has 134 valence electrons. The summed E-state index contributed by atoms with van der Waals surface area (Å²) in [6, 6.07) is 15.4. The van der Waals surface area contributed by atoms with Crippen molar-refractivity contribution in [3.8, 4) is 17.2 Å². The van der Waals surface area contributed by atoms with Crippen molar-refractivity contribution in [3.05, 3.63) is 82.1 Å². The molecule has 1 aliphatic heterocycles. The largest absolute Gasteiger partial charge is 0.454 e. The lowest BCUT2D eigenvalue weighted by Crippen LogP contribution is -2.06. The second kappa shape index (κ2) is 7.47. The van der Waals surface area contributed by atoms with E-state index in [1.165, 1.54) is 17.4 Å². The molecule has 0 aliphatic carbocycles. The lowest BCUT2D eigenvalue weighted by molar-refractivity contribution is 0.0740. The minimum Gasteiger partial charge on any atom is -0.454 e. The summed E-state index contributed by atoms with van der Waals surface area (Å²) in [6.45, 7) is 0.213. The summed E-state index contributed by atoms with van der Waals surface area (Å²) < 4.78 is 15.9. The molecule has 0 saturated heterocycles. The molecule has 0 unspecified atom stereocenters. The molecule has 4 rings (SSSR count). The van der Waals surface area contributed by atoms with E-state index in [9.17, 15) is 9.59 Å². The molecule has 1 aliphatic rings. The summed E-state index contributed by atoms with van der Waals surface area (Å²) in [6.07, 6.45) is 3.21. The fraction of sp³-hybridized carbons (Fsp3) is 0.0476. The molecule has 0 radical (unpaired) electrons. The van der Waals surface area contributed by atoms with Gasteiger partial charge in [-0.25, -0.2) is 4.79 Å². The Morgan fingerprint density at radius 2 is 1.81 bits per heavy atom. The van der Waals surface area contributed by atoms with Gasteiger partial charge in [-0.2, -0.15) is 0 Å². The van der Waals surface area contributed by atoms with Crippen LogP contribution >= 0.6 is 11.3 Å². The number of esters is 1. The molecule has 0 spiro atoms. The molecule has 2 heterocycles. The fourth-order valence-electron chi connectivity index (χ4n) is 2.52. The van der Waals surface area contributed by atoms with Crippen LogP contribution in [-0.4, -0.2) is 18.5 Å². The van der Waals surface area contributed by atoms with Gasteiger partial charge in [0, 0.05) is 5.56 Å². The van der Waals surface area contributed by atoms with Crippen LogP contribution in [0.5, 0.6) is 17.2 Å². The van der Waals surface area contributed by atoms with Gasteiger partial charge >= 0.3 is 5.97 Å². The summed E-state index contributed by atoms with van der Waals surface area (Å²) in [5, 5.41) is 1.81. The Labute approximate surface area is 159 Å². The Morgan fingerprint density at radius 1 is 1.00 bits per heavy atom. The van der Waals surface area contributed by atoms with Crippen LogP contribution in [0.25, 0.3) is 6.08 Å². The highest BCUT2D eigenvalue weighted by atomic mass is 32.1. The molecule has 0 N–H and O–H groups in total. The van der Waals surface area contributed by atoms with Crippen molar-refractivity contribution in [1.82, 2.24) is 0 Å². The molecule has 3 aromatic rings. The zero-order valence-electron chi connectivity index (χ0n) is 14.1. The van der Waals surface area contributed by atoms with Crippen molar-refractivity contribution < 1.29 is 23.8 Å². The Kier molecular flexibility index (Phi) is 4.72. The number of fused-ring (bicyclic) bond motifs is 1. The van der Waals surface area contributed by atoms with Crippen LogP contribution in [0.2, 0.25) is 0 Å². The lowest BCUT2D eigenvalue weighted by atomic mass is 10.1. The number of allylic oxidation sites excluding steroid dienone is 1. The third-order valence-corrected chi connectivity index (χ3v) is 4.75. The van der Waals surface area contributed by atoms with Crippen LogP contribution in [0.4, 0.5) is 0 Å². The Balaban J connectivity index is 1.41. The molecule has 0 atom stereocenters. The number of hydrogen-bond donors (Lipinski definition) is 0. The number of ether oxygens (including phenoxy) is 3. The van der Waals surface area contributed by atoms with E-state index >= 15 is 0 Å². The van der Waals surface area contributed by atoms with Gasteiger partial charge in [0.2, 0.25) is 6.79 Å². The highest BCUT2D eigenvalue weighted by Crippen LogP contribution is 2.32. The molecule has 1 aromatic heterocycles. The van der Waals surface area contributed by atoms with Crippen molar-refractivity contribution in [2.24, 2.45) is 0 Å². The van der Waals surface area contributed by atoms with Gasteiger partial charge in [-0.1, -0.05) is 18.2 Å². The molecule has 6 heteroatoms. The quantitative estimate of drug-likeness (QED) is 0.281. The van der Waals surface area contributed by atoms with Gasteiger partial charge in [-0.15, -0.1) is 11.3 Å². The van der Waals surface area contributed by atoms with Crippen molar-refractivity contribution in [1.29, 1.82) is 0 Å². The SMILES string of the molecule is O=C(/C=C/c1ccc2c(c1)OCO2)c1ccc(OC(=O)c2cccs2)cc1. The first kappa shape index (κ1) is 17.1. The van der Waals surface area contributed by atoms with Gasteiger partial charge in [0.1, 0.15) is 10.6 Å². The summed E-state index contributed by atoms with van der Waals surface area (Å²) in [7, 11) is 0. The maximum atomic E-state index is 12.3. The second-order valence-electron chi connectivity index (χ2n) is 5.70. The third kappa shape index (κ3) is 3.91. The van der Waals surface area contributed by atoms with Crippen molar-refractivity contribution in [2.45, 2.75) is 0 Å². The Hall–Kier alpha value is -3.38. The minimum atomic E-state index is -0.410. The predicted molar refractivity (Wildman–Crippen MR) is 102 cm³/mol. The standard InChI is InChI=1S/C21H14O5S/c22-17(9-3-14-4-10-18-19(12-14)25-13-24-18)15-5-7-16(8-6-15)26-21(23)20-2-1-11-27-20/h1-12H,13H2/b9-3+. The van der Waals surface area contributed by atoms with Gasteiger partial charge in [0.05, 0.1) is 0 Å². The Morgan fingerprint density at radius 3 is 2.59 bits per heavy atom. The van der Waals surface area contributed by atoms with Crippen LogP contribution < -0.4 is 14.2 Å². The van der Waals surface area contributed by atoms with Crippen LogP contribution in [0.1, 0.15) is 25.6 Å². The highest BCUT2D eigenvalue weighted by Gasteiger charge is 2.13. The van der Waals surface area contributed by atoms with Crippen LogP contribution in [0, 0.1) is 0 Å². The lowest BCUT2D eigenvalue weighted by Gasteiger charge is -2.03. The fourth-order valence-corrected chi connectivity index (χ4v) is 3.12. The van der Waals surface area contributed by atoms with Crippen LogP contribution in [-0.2, 0) is 0 Å². The first-order chi connectivity index (χ1) is 13.2. The first-order valence-electron chi connectivity index (χ1n) is 8.17. The number of thiophene rings is 1. The van der Waals surface area contributed by atoms with Gasteiger partial charge in [0.15, 0.2) is 17.3 Å². The Bertz CT molecular complexity index is 1000. The smallest absolute Gasteiger partial charge is 0.353 e. The molecule has 2 aromatic carbocycles. The summed E-state index contributed by atoms with van der Waals surface area (Å²) in [5.74, 6) is 1.20. The van der Waals surface area contributed by atoms with Crippen molar-refractivity contribution in [3.63, 3.8) is 0 Å². The summed E-state index contributed by atoms with van der Waals surface area (Å²) in [5.41, 5.74) is 1.34. The average molecular weight is 378 g/mol. The topological polar surface area (TPSA) is 61.8 Å². The number of hydrogen-bond acceptors (Lipinski definition) is 6. The second-order valence-corrected chi connectivity index (χ2v) is 6.65. The van der Waals surface area contributed by atoms with Gasteiger partial charge in [-0.3, -0.25) is 4.79 Å². The van der Waals surface area contributed by atoms with E-state index in [4.69, 9.17) is 14.2 Å². The minimum absolute atomic E-state index is 0.149. The molecular formula is C21H14O5S. The average Bonchev–Trinajstić information content (AvgIpc) is 3.38. The predicted octanol–water partition coefficient (Wildman–Crippen LogP) is 4.59. The molecule has 0 bridgehead atoms. The van der Waals surface area contributed by atoms with Crippen LogP contribution in [0.15, 0.2) is 66.1 Å². The zero-order chi connectivity index (χ0) is 18.6. The normalized spacial score (nSPS) is 12.3. The van der Waals surface area contributed by atoms with E-state index in [1.807, 2.05) is 23.6 Å². The third-order valence-electron chi connectivity index (χ3n) is 3.90. The highest BCUT2D eigenvalue weighted by molar-refractivity contribution is 7.12. The van der Waals surface area contributed by atoms with Crippen molar-refractivity contribution in [2.75, 3.05) is 6.79 Å². The number of benzene rings is 2. The number of carbonyl (C=O) groups is 2. The number of rotatable bonds is 5. The van der Waals surface area contributed by atoms with Crippen molar-refractivity contribution >= 4 is 29.2 Å². The van der Waals surface area contributed by atoms with E-state index < -0.39 is 5.97 Å². The van der Waals surface area contributed by atoms with Crippen LogP contribution in [0.3, 0.4) is 0 Å². The summed E-state index contributed by atoms with van der Waals surface area (Å²) >= 11 is 1.32. The maximum Gasteiger partial charge on any atom is 0.353 e. The molecular weight excluding hydrogens is 364 g/mol. The molecule has 27 heavy (non-hydrogen) atoms. The monoisotopic (exact) mass is 378 g/mol. The molecule has 0 amide bonds. The molecule has 5 nitrogen and oxygen atoms in total. The van der Waals surface area contributed by atoms with E-state index in [2.05, 4.69) is 0 Å². The molecule has 0 saturated carbocycles. The molecule has 0 fully saturated rings.